The van der Waals surface area contributed by atoms with Gasteiger partial charge in [0.2, 0.25) is 6.35 Å². The van der Waals surface area contributed by atoms with Crippen molar-refractivity contribution in [1.82, 2.24) is 9.13 Å². The van der Waals surface area contributed by atoms with Crippen molar-refractivity contribution >= 4 is 17.3 Å². The normalized spacial score (nSPS) is 15.3. The molecule has 12 heteroatoms. The first-order chi connectivity index (χ1) is 17.4. The summed E-state index contributed by atoms with van der Waals surface area (Å²) in [4.78, 5) is 41.6. The summed E-state index contributed by atoms with van der Waals surface area (Å²) in [7, 11) is 0. The molecule has 1 aromatic heterocycles. The van der Waals surface area contributed by atoms with Gasteiger partial charge in [-0.2, -0.15) is 13.2 Å². The van der Waals surface area contributed by atoms with Gasteiger partial charge in [-0.05, 0) is 56.2 Å². The fraction of sp³-hybridized carbons (Fsp3) is 0.320. The summed E-state index contributed by atoms with van der Waals surface area (Å²) in [5, 5.41) is 20.3. The Balaban J connectivity index is 1.90. The quantitative estimate of drug-likeness (QED) is 0.517. The number of fused-ring (bicyclic) bond motifs is 1. The van der Waals surface area contributed by atoms with E-state index in [4.69, 9.17) is 0 Å². The van der Waals surface area contributed by atoms with E-state index in [-0.39, 0.29) is 16.8 Å². The van der Waals surface area contributed by atoms with Gasteiger partial charge >= 0.3 is 17.8 Å². The molecule has 2 aromatic carbocycles. The summed E-state index contributed by atoms with van der Waals surface area (Å²) in [6.07, 6.45) is -4.66. The van der Waals surface area contributed by atoms with Crippen molar-refractivity contribution in [2.75, 3.05) is 22.9 Å². The Hall–Kier alpha value is -4.06. The summed E-state index contributed by atoms with van der Waals surface area (Å²) in [6.45, 7) is 5.34. The van der Waals surface area contributed by atoms with Crippen molar-refractivity contribution in [2.45, 2.75) is 39.8 Å². The summed E-state index contributed by atoms with van der Waals surface area (Å²) in [6, 6.07) is 8.22. The number of aromatic carboxylic acids is 1. The van der Waals surface area contributed by atoms with Crippen LogP contribution in [-0.4, -0.2) is 44.8 Å². The van der Waals surface area contributed by atoms with E-state index in [1.807, 2.05) is 13.8 Å². The van der Waals surface area contributed by atoms with Gasteiger partial charge in [-0.3, -0.25) is 13.9 Å². The Morgan fingerprint density at radius 2 is 1.68 bits per heavy atom. The molecule has 196 valence electrons. The van der Waals surface area contributed by atoms with E-state index in [9.17, 15) is 37.8 Å². The fourth-order valence-corrected chi connectivity index (χ4v) is 4.62. The highest BCUT2D eigenvalue weighted by atomic mass is 19.4. The SMILES string of the molecule is CCN1c2ccc(-n3cc(C(=O)O)c(=O)n(Cc4cccc(C(F)(F)F)c4C)c3=O)cc2N(CC)C1O. The van der Waals surface area contributed by atoms with Crippen LogP contribution in [0.1, 0.15) is 40.9 Å². The molecule has 0 spiro atoms. The van der Waals surface area contributed by atoms with E-state index in [0.29, 0.717) is 29.0 Å². The fourth-order valence-electron chi connectivity index (χ4n) is 4.62. The number of aliphatic hydroxyl groups excluding tert-OH is 1. The predicted octanol–water partition coefficient (Wildman–Crippen LogP) is 3.02. The number of aliphatic hydroxyl groups is 1. The maximum Gasteiger partial charge on any atom is 0.416 e. The predicted molar refractivity (Wildman–Crippen MR) is 131 cm³/mol. The third-order valence-corrected chi connectivity index (χ3v) is 6.58. The number of anilines is 2. The lowest BCUT2D eigenvalue weighted by molar-refractivity contribution is -0.138. The standard InChI is InChI=1S/C25H25F3N4O5/c1-4-29-19-10-9-16(11-20(19)30(5-2)23(29)36)31-13-17(22(34)35)21(33)32(24(31)37)12-15-7-6-8-18(14(15)3)25(26,27)28/h6-11,13,23,36H,4-5,12H2,1-3H3,(H,34,35). The van der Waals surface area contributed by atoms with Gasteiger partial charge in [-0.15, -0.1) is 0 Å². The third kappa shape index (κ3) is 4.37. The minimum Gasteiger partial charge on any atom is -0.477 e. The molecule has 0 fully saturated rings. The maximum absolute atomic E-state index is 13.4. The molecule has 1 aliphatic rings. The van der Waals surface area contributed by atoms with Crippen LogP contribution in [-0.2, 0) is 12.7 Å². The molecule has 0 amide bonds. The van der Waals surface area contributed by atoms with E-state index in [1.165, 1.54) is 19.1 Å². The van der Waals surface area contributed by atoms with E-state index < -0.39 is 47.4 Å². The Morgan fingerprint density at radius 1 is 1.03 bits per heavy atom. The number of halogens is 3. The molecular formula is C25H25F3N4O5. The highest BCUT2D eigenvalue weighted by Gasteiger charge is 2.34. The Labute approximate surface area is 209 Å². The van der Waals surface area contributed by atoms with E-state index in [1.54, 1.807) is 28.0 Å². The first-order valence-corrected chi connectivity index (χ1v) is 11.5. The smallest absolute Gasteiger partial charge is 0.416 e. The zero-order chi connectivity index (χ0) is 27.2. The maximum atomic E-state index is 13.4. The van der Waals surface area contributed by atoms with Gasteiger partial charge in [0.05, 0.1) is 29.2 Å². The van der Waals surface area contributed by atoms with Crippen molar-refractivity contribution < 1.29 is 28.2 Å². The zero-order valence-corrected chi connectivity index (χ0v) is 20.3. The number of carboxylic acid groups (broad SMARTS) is 1. The number of aromatic nitrogens is 2. The van der Waals surface area contributed by atoms with Gasteiger partial charge < -0.3 is 20.0 Å². The number of alkyl halides is 3. The number of hydrogen-bond acceptors (Lipinski definition) is 6. The second-order valence-corrected chi connectivity index (χ2v) is 8.57. The molecule has 0 bridgehead atoms. The van der Waals surface area contributed by atoms with Crippen molar-refractivity contribution in [2.24, 2.45) is 0 Å². The Bertz CT molecular complexity index is 1500. The minimum atomic E-state index is -4.64. The molecule has 4 rings (SSSR count). The minimum absolute atomic E-state index is 0.0518. The first-order valence-electron chi connectivity index (χ1n) is 11.5. The van der Waals surface area contributed by atoms with Gasteiger partial charge in [0, 0.05) is 19.3 Å². The van der Waals surface area contributed by atoms with Gasteiger partial charge in [-0.25, -0.2) is 9.59 Å². The van der Waals surface area contributed by atoms with Crippen molar-refractivity contribution in [3.05, 3.63) is 85.7 Å². The van der Waals surface area contributed by atoms with Crippen LogP contribution in [0.2, 0.25) is 0 Å². The van der Waals surface area contributed by atoms with Crippen LogP contribution in [0.5, 0.6) is 0 Å². The number of nitrogens with zero attached hydrogens (tertiary/aromatic N) is 4. The number of hydrogen-bond donors (Lipinski definition) is 2. The molecule has 9 nitrogen and oxygen atoms in total. The van der Waals surface area contributed by atoms with Crippen LogP contribution in [0, 0.1) is 6.92 Å². The molecule has 37 heavy (non-hydrogen) atoms. The number of benzene rings is 2. The highest BCUT2D eigenvalue weighted by molar-refractivity contribution is 5.87. The second-order valence-electron chi connectivity index (χ2n) is 8.57. The van der Waals surface area contributed by atoms with E-state index in [2.05, 4.69) is 0 Å². The molecule has 3 aromatic rings. The second kappa shape index (κ2) is 9.43. The molecule has 1 unspecified atom stereocenters. The number of carbonyl (C=O) groups is 1. The summed E-state index contributed by atoms with van der Waals surface area (Å²) in [5.74, 6) is -1.59. The molecule has 2 heterocycles. The zero-order valence-electron chi connectivity index (χ0n) is 20.3. The highest BCUT2D eigenvalue weighted by Crippen LogP contribution is 2.39. The number of rotatable bonds is 6. The van der Waals surface area contributed by atoms with Crippen LogP contribution < -0.4 is 21.0 Å². The summed E-state index contributed by atoms with van der Waals surface area (Å²) in [5.41, 5.74) is -2.25. The van der Waals surface area contributed by atoms with Crippen LogP contribution >= 0.6 is 0 Å². The molecule has 1 atom stereocenters. The van der Waals surface area contributed by atoms with Gasteiger partial charge in [-0.1, -0.05) is 12.1 Å². The van der Waals surface area contributed by atoms with Gasteiger partial charge in [0.25, 0.3) is 5.56 Å². The first kappa shape index (κ1) is 26.0. The molecular weight excluding hydrogens is 493 g/mol. The van der Waals surface area contributed by atoms with E-state index >= 15 is 0 Å². The molecule has 0 saturated heterocycles. The van der Waals surface area contributed by atoms with Gasteiger partial charge in [0.1, 0.15) is 5.56 Å². The molecule has 0 radical (unpaired) electrons. The molecule has 1 aliphatic heterocycles. The third-order valence-electron chi connectivity index (χ3n) is 6.58. The van der Waals surface area contributed by atoms with Crippen LogP contribution in [0.4, 0.5) is 24.5 Å². The van der Waals surface area contributed by atoms with Crippen LogP contribution in [0.15, 0.2) is 52.2 Å². The lowest BCUT2D eigenvalue weighted by Crippen LogP contribution is -2.43. The Morgan fingerprint density at radius 3 is 2.27 bits per heavy atom. The van der Waals surface area contributed by atoms with E-state index in [0.717, 1.165) is 16.8 Å². The number of carboxylic acids is 1. The van der Waals surface area contributed by atoms with Gasteiger partial charge in [0.15, 0.2) is 0 Å². The lowest BCUT2D eigenvalue weighted by atomic mass is 10.0. The largest absolute Gasteiger partial charge is 0.477 e. The van der Waals surface area contributed by atoms with Crippen molar-refractivity contribution in [3.8, 4) is 5.69 Å². The Kier molecular flexibility index (Phi) is 6.63. The summed E-state index contributed by atoms with van der Waals surface area (Å²) < 4.78 is 41.8. The average Bonchev–Trinajstić information content (AvgIpc) is 3.11. The lowest BCUT2D eigenvalue weighted by Gasteiger charge is -2.26. The average molecular weight is 518 g/mol. The summed E-state index contributed by atoms with van der Waals surface area (Å²) >= 11 is 0. The van der Waals surface area contributed by atoms with Crippen LogP contribution in [0.25, 0.3) is 5.69 Å². The molecule has 0 saturated carbocycles. The van der Waals surface area contributed by atoms with Crippen molar-refractivity contribution in [1.29, 1.82) is 0 Å². The topological polar surface area (TPSA) is 108 Å². The van der Waals surface area contributed by atoms with Crippen LogP contribution in [0.3, 0.4) is 0 Å². The molecule has 0 aliphatic carbocycles. The monoisotopic (exact) mass is 518 g/mol. The van der Waals surface area contributed by atoms with Crippen molar-refractivity contribution in [3.63, 3.8) is 0 Å². The molecule has 2 N–H and O–H groups in total.